The third kappa shape index (κ3) is 3.73. The highest BCUT2D eigenvalue weighted by Gasteiger charge is 2.13. The van der Waals surface area contributed by atoms with Crippen molar-refractivity contribution in [3.8, 4) is 0 Å². The molecule has 0 unspecified atom stereocenters. The van der Waals surface area contributed by atoms with Crippen LogP contribution in [0.25, 0.3) is 0 Å². The van der Waals surface area contributed by atoms with Gasteiger partial charge in [-0.2, -0.15) is 0 Å². The number of nitrogens with one attached hydrogen (secondary N) is 1. The zero-order valence-electron chi connectivity index (χ0n) is 10.1. The molecule has 2 aromatic heterocycles. The van der Waals surface area contributed by atoms with Gasteiger partial charge in [-0.3, -0.25) is 0 Å². The first-order valence-electron chi connectivity index (χ1n) is 5.61. The molecule has 0 saturated heterocycles. The number of sulfonamides is 1. The third-order valence-corrected chi connectivity index (χ3v) is 3.82. The van der Waals surface area contributed by atoms with E-state index >= 15 is 0 Å². The van der Waals surface area contributed by atoms with Crippen LogP contribution in [0.3, 0.4) is 0 Å². The van der Waals surface area contributed by atoms with Crippen molar-refractivity contribution in [2.75, 3.05) is 12.3 Å². The Morgan fingerprint density at radius 3 is 2.68 bits per heavy atom. The van der Waals surface area contributed by atoms with Gasteiger partial charge in [-0.15, -0.1) is 0 Å². The number of imidazole rings is 1. The number of aryl methyl sites for hydroxylation is 1. The molecule has 0 atom stereocenters. The Bertz CT molecular complexity index is 608. The molecule has 0 spiro atoms. The van der Waals surface area contributed by atoms with Crippen molar-refractivity contribution in [3.63, 3.8) is 0 Å². The lowest BCUT2D eigenvalue weighted by molar-refractivity contribution is 0.569. The van der Waals surface area contributed by atoms with Crippen LogP contribution in [0.5, 0.6) is 0 Å². The highest BCUT2D eigenvalue weighted by atomic mass is 32.2. The van der Waals surface area contributed by atoms with E-state index in [9.17, 15) is 8.42 Å². The topological polar surface area (TPSA) is 116 Å². The molecule has 0 aliphatic carbocycles. The molecule has 2 heterocycles. The van der Waals surface area contributed by atoms with E-state index < -0.39 is 10.0 Å². The van der Waals surface area contributed by atoms with Gasteiger partial charge >= 0.3 is 0 Å². The Morgan fingerprint density at radius 1 is 1.32 bits per heavy atom. The SMILES string of the molecule is Nc1ncc(S(=O)(=O)NCCCn2ccnc2)cn1. The first kappa shape index (κ1) is 13.4. The number of aromatic nitrogens is 4. The van der Waals surface area contributed by atoms with E-state index in [1.165, 1.54) is 12.4 Å². The van der Waals surface area contributed by atoms with Crippen molar-refractivity contribution in [1.29, 1.82) is 0 Å². The molecule has 2 rings (SSSR count). The summed E-state index contributed by atoms with van der Waals surface area (Å²) in [4.78, 5) is 11.2. The molecule has 0 amide bonds. The number of nitrogen functional groups attached to an aromatic ring is 1. The van der Waals surface area contributed by atoms with E-state index in [0.29, 0.717) is 19.5 Å². The van der Waals surface area contributed by atoms with E-state index in [-0.39, 0.29) is 10.8 Å². The molecular weight excluding hydrogens is 268 g/mol. The van der Waals surface area contributed by atoms with Crippen LogP contribution in [0, 0.1) is 0 Å². The van der Waals surface area contributed by atoms with Crippen LogP contribution in [0.2, 0.25) is 0 Å². The summed E-state index contributed by atoms with van der Waals surface area (Å²) in [6.07, 6.45) is 8.20. The van der Waals surface area contributed by atoms with E-state index in [0.717, 1.165) is 0 Å². The first-order chi connectivity index (χ1) is 9.08. The summed E-state index contributed by atoms with van der Waals surface area (Å²) in [5.74, 6) is 0.0408. The van der Waals surface area contributed by atoms with E-state index in [1.807, 2.05) is 10.8 Å². The minimum Gasteiger partial charge on any atom is -0.368 e. The van der Waals surface area contributed by atoms with Gasteiger partial charge in [0.25, 0.3) is 0 Å². The summed E-state index contributed by atoms with van der Waals surface area (Å²) < 4.78 is 28.1. The number of nitrogens with two attached hydrogens (primary N) is 1. The number of hydrogen-bond acceptors (Lipinski definition) is 6. The number of hydrogen-bond donors (Lipinski definition) is 2. The molecule has 8 nitrogen and oxygen atoms in total. The number of anilines is 1. The van der Waals surface area contributed by atoms with Gasteiger partial charge in [0.05, 0.1) is 18.7 Å². The second-order valence-electron chi connectivity index (χ2n) is 3.83. The molecule has 0 radical (unpaired) electrons. The van der Waals surface area contributed by atoms with Crippen molar-refractivity contribution in [3.05, 3.63) is 31.1 Å². The van der Waals surface area contributed by atoms with Gasteiger partial charge in [0.2, 0.25) is 16.0 Å². The average molecular weight is 282 g/mol. The van der Waals surface area contributed by atoms with Crippen molar-refractivity contribution in [1.82, 2.24) is 24.2 Å². The van der Waals surface area contributed by atoms with Gasteiger partial charge in [-0.1, -0.05) is 0 Å². The van der Waals surface area contributed by atoms with Gasteiger partial charge in [0, 0.05) is 25.5 Å². The van der Waals surface area contributed by atoms with Gasteiger partial charge in [-0.25, -0.2) is 28.1 Å². The molecule has 0 saturated carbocycles. The fourth-order valence-corrected chi connectivity index (χ4v) is 2.40. The molecule has 0 aliphatic heterocycles. The molecule has 3 N–H and O–H groups in total. The highest BCUT2D eigenvalue weighted by Crippen LogP contribution is 2.05. The summed E-state index contributed by atoms with van der Waals surface area (Å²) in [6, 6.07) is 0. The Hall–Kier alpha value is -2.00. The summed E-state index contributed by atoms with van der Waals surface area (Å²) in [5.41, 5.74) is 5.30. The predicted molar refractivity (Wildman–Crippen MR) is 68.5 cm³/mol. The Labute approximate surface area is 110 Å². The summed E-state index contributed by atoms with van der Waals surface area (Å²) in [7, 11) is -3.57. The fraction of sp³-hybridized carbons (Fsp3) is 0.300. The zero-order chi connectivity index (χ0) is 13.7. The molecule has 0 aliphatic rings. The maximum absolute atomic E-state index is 11.9. The van der Waals surface area contributed by atoms with Crippen LogP contribution in [-0.4, -0.2) is 34.5 Å². The van der Waals surface area contributed by atoms with E-state index in [2.05, 4.69) is 19.7 Å². The third-order valence-electron chi connectivity index (χ3n) is 2.40. The minimum absolute atomic E-state index is 0.00401. The minimum atomic E-state index is -3.57. The van der Waals surface area contributed by atoms with Crippen LogP contribution in [0.4, 0.5) is 5.95 Å². The van der Waals surface area contributed by atoms with Gasteiger partial charge in [0.1, 0.15) is 4.90 Å². The number of rotatable bonds is 6. The van der Waals surface area contributed by atoms with Crippen molar-refractivity contribution >= 4 is 16.0 Å². The van der Waals surface area contributed by atoms with Gasteiger partial charge < -0.3 is 10.3 Å². The summed E-state index contributed by atoms with van der Waals surface area (Å²) in [5, 5.41) is 0. The lowest BCUT2D eigenvalue weighted by Gasteiger charge is -2.06. The van der Waals surface area contributed by atoms with Crippen LogP contribution in [0.1, 0.15) is 6.42 Å². The Kier molecular flexibility index (Phi) is 4.07. The summed E-state index contributed by atoms with van der Waals surface area (Å²) in [6.45, 7) is 1.02. The first-order valence-corrected chi connectivity index (χ1v) is 7.09. The second kappa shape index (κ2) is 5.76. The average Bonchev–Trinajstić information content (AvgIpc) is 2.88. The van der Waals surface area contributed by atoms with Gasteiger partial charge in [0.15, 0.2) is 0 Å². The Balaban J connectivity index is 1.86. The van der Waals surface area contributed by atoms with Crippen molar-refractivity contribution < 1.29 is 8.42 Å². The molecule has 2 aromatic rings. The molecule has 19 heavy (non-hydrogen) atoms. The Morgan fingerprint density at radius 2 is 2.05 bits per heavy atom. The van der Waals surface area contributed by atoms with Crippen LogP contribution >= 0.6 is 0 Å². The molecule has 0 bridgehead atoms. The highest BCUT2D eigenvalue weighted by molar-refractivity contribution is 7.89. The van der Waals surface area contributed by atoms with Gasteiger partial charge in [-0.05, 0) is 6.42 Å². The van der Waals surface area contributed by atoms with Crippen LogP contribution in [0.15, 0.2) is 36.0 Å². The smallest absolute Gasteiger partial charge is 0.243 e. The lowest BCUT2D eigenvalue weighted by atomic mass is 10.4. The van der Waals surface area contributed by atoms with Crippen LogP contribution in [-0.2, 0) is 16.6 Å². The standard InChI is InChI=1S/C10H14N6O2S/c11-10-13-6-9(7-14-10)19(17,18)15-2-1-4-16-5-3-12-8-16/h3,5-8,15H,1-2,4H2,(H2,11,13,14). The van der Waals surface area contributed by atoms with Crippen LogP contribution < -0.4 is 10.5 Å². The molecule has 9 heteroatoms. The molecular formula is C10H14N6O2S. The molecule has 0 aromatic carbocycles. The maximum atomic E-state index is 11.9. The monoisotopic (exact) mass is 282 g/mol. The molecule has 0 fully saturated rings. The molecule has 102 valence electrons. The van der Waals surface area contributed by atoms with Crippen molar-refractivity contribution in [2.45, 2.75) is 17.9 Å². The lowest BCUT2D eigenvalue weighted by Crippen LogP contribution is -2.25. The predicted octanol–water partition coefficient (Wildman–Crippen LogP) is -0.376. The quantitative estimate of drug-likeness (QED) is 0.698. The van der Waals surface area contributed by atoms with E-state index in [1.54, 1.807) is 12.5 Å². The summed E-state index contributed by atoms with van der Waals surface area (Å²) >= 11 is 0. The second-order valence-corrected chi connectivity index (χ2v) is 5.60. The largest absolute Gasteiger partial charge is 0.368 e. The van der Waals surface area contributed by atoms with E-state index in [4.69, 9.17) is 5.73 Å². The zero-order valence-corrected chi connectivity index (χ0v) is 10.9. The normalized spacial score (nSPS) is 11.6. The number of nitrogens with zero attached hydrogens (tertiary/aromatic N) is 4. The van der Waals surface area contributed by atoms with Crippen molar-refractivity contribution in [2.24, 2.45) is 0 Å². The maximum Gasteiger partial charge on any atom is 0.243 e. The fourth-order valence-electron chi connectivity index (χ4n) is 1.44.